The maximum absolute atomic E-state index is 12.9. The van der Waals surface area contributed by atoms with Crippen molar-refractivity contribution in [3.05, 3.63) is 0 Å². The predicted octanol–water partition coefficient (Wildman–Crippen LogP) is 1.06. The van der Waals surface area contributed by atoms with Crippen LogP contribution in [-0.4, -0.2) is 53.9 Å². The first-order valence-corrected chi connectivity index (χ1v) is 9.95. The molecule has 3 unspecified atom stereocenters. The summed E-state index contributed by atoms with van der Waals surface area (Å²) in [6.07, 6.45) is 4.94. The number of hydrogen-bond acceptors (Lipinski definition) is 4. The van der Waals surface area contributed by atoms with Crippen molar-refractivity contribution in [1.82, 2.24) is 4.90 Å². The summed E-state index contributed by atoms with van der Waals surface area (Å²) >= 11 is 0. The van der Waals surface area contributed by atoms with E-state index in [1.807, 2.05) is 0 Å². The van der Waals surface area contributed by atoms with E-state index in [2.05, 4.69) is 0 Å². The maximum Gasteiger partial charge on any atom is 0.306 e. The van der Waals surface area contributed by atoms with E-state index in [9.17, 15) is 23.1 Å². The maximum atomic E-state index is 12.9. The molecule has 0 aromatic rings. The monoisotopic (exact) mass is 329 g/mol. The number of rotatable bonds is 4. The third kappa shape index (κ3) is 3.29. The molecule has 0 spiro atoms. The minimum atomic E-state index is -3.02. The van der Waals surface area contributed by atoms with Gasteiger partial charge < -0.3 is 10.0 Å². The van der Waals surface area contributed by atoms with Crippen LogP contribution in [0, 0.1) is 11.8 Å². The van der Waals surface area contributed by atoms with Crippen LogP contribution in [0.15, 0.2) is 0 Å². The van der Waals surface area contributed by atoms with Crippen LogP contribution in [-0.2, 0) is 19.4 Å². The molecular weight excluding hydrogens is 306 g/mol. The SMILES string of the molecule is O=C(O)C1CCCC(C(=O)N(C2CC2)C2CCS(=O)(=O)C2)C1. The van der Waals surface area contributed by atoms with Gasteiger partial charge in [-0.25, -0.2) is 8.42 Å². The summed E-state index contributed by atoms with van der Waals surface area (Å²) in [5.74, 6) is -1.27. The molecule has 124 valence electrons. The second-order valence-electron chi connectivity index (χ2n) is 6.93. The summed E-state index contributed by atoms with van der Waals surface area (Å²) in [6.45, 7) is 0. The molecular formula is C15H23NO5S. The largest absolute Gasteiger partial charge is 0.481 e. The van der Waals surface area contributed by atoms with E-state index in [1.165, 1.54) is 0 Å². The second-order valence-corrected chi connectivity index (χ2v) is 9.16. The molecule has 7 heteroatoms. The molecule has 6 nitrogen and oxygen atoms in total. The zero-order chi connectivity index (χ0) is 15.9. The van der Waals surface area contributed by atoms with Crippen molar-refractivity contribution >= 4 is 21.7 Å². The Bertz CT molecular complexity index is 568. The minimum absolute atomic E-state index is 0.00412. The molecule has 3 aliphatic rings. The van der Waals surface area contributed by atoms with Gasteiger partial charge >= 0.3 is 5.97 Å². The molecule has 2 aliphatic carbocycles. The van der Waals surface area contributed by atoms with Gasteiger partial charge in [0.2, 0.25) is 5.91 Å². The van der Waals surface area contributed by atoms with Crippen LogP contribution in [0.25, 0.3) is 0 Å². The molecule has 0 bridgehead atoms. The number of hydrogen-bond donors (Lipinski definition) is 1. The number of nitrogens with zero attached hydrogens (tertiary/aromatic N) is 1. The summed E-state index contributed by atoms with van der Waals surface area (Å²) in [5, 5.41) is 9.17. The zero-order valence-corrected chi connectivity index (χ0v) is 13.4. The lowest BCUT2D eigenvalue weighted by Crippen LogP contribution is -2.47. The average Bonchev–Trinajstić information content (AvgIpc) is 3.23. The number of carboxylic acid groups (broad SMARTS) is 1. The van der Waals surface area contributed by atoms with Crippen LogP contribution in [0.3, 0.4) is 0 Å². The lowest BCUT2D eigenvalue weighted by molar-refractivity contribution is -0.146. The number of carboxylic acids is 1. The molecule has 0 radical (unpaired) electrons. The van der Waals surface area contributed by atoms with Gasteiger partial charge in [0.05, 0.1) is 17.4 Å². The highest BCUT2D eigenvalue weighted by Gasteiger charge is 2.44. The molecule has 22 heavy (non-hydrogen) atoms. The predicted molar refractivity (Wildman–Crippen MR) is 80.0 cm³/mol. The molecule has 1 amide bonds. The van der Waals surface area contributed by atoms with Crippen molar-refractivity contribution in [2.24, 2.45) is 11.8 Å². The Morgan fingerprint density at radius 2 is 1.64 bits per heavy atom. The van der Waals surface area contributed by atoms with Gasteiger partial charge in [0, 0.05) is 18.0 Å². The Kier molecular flexibility index (Phi) is 4.18. The first kappa shape index (κ1) is 15.8. The second kappa shape index (κ2) is 5.83. The van der Waals surface area contributed by atoms with Crippen LogP contribution >= 0.6 is 0 Å². The first-order chi connectivity index (χ1) is 10.4. The van der Waals surface area contributed by atoms with E-state index in [-0.39, 0.29) is 35.4 Å². The smallest absolute Gasteiger partial charge is 0.306 e. The summed E-state index contributed by atoms with van der Waals surface area (Å²) in [7, 11) is -3.02. The fourth-order valence-corrected chi connectivity index (χ4v) is 5.57. The molecule has 2 saturated carbocycles. The summed E-state index contributed by atoms with van der Waals surface area (Å²) in [6, 6.07) is -0.0220. The molecule has 0 aromatic heterocycles. The van der Waals surface area contributed by atoms with E-state index in [0.29, 0.717) is 19.3 Å². The molecule has 1 heterocycles. The van der Waals surface area contributed by atoms with Gasteiger partial charge in [-0.3, -0.25) is 9.59 Å². The summed E-state index contributed by atoms with van der Waals surface area (Å²) in [4.78, 5) is 25.9. The van der Waals surface area contributed by atoms with Crippen molar-refractivity contribution in [2.75, 3.05) is 11.5 Å². The van der Waals surface area contributed by atoms with Crippen molar-refractivity contribution in [1.29, 1.82) is 0 Å². The van der Waals surface area contributed by atoms with Crippen molar-refractivity contribution in [2.45, 2.75) is 57.0 Å². The zero-order valence-electron chi connectivity index (χ0n) is 12.6. The fourth-order valence-electron chi connectivity index (χ4n) is 3.85. The van der Waals surface area contributed by atoms with E-state index in [0.717, 1.165) is 25.7 Å². The molecule has 3 fully saturated rings. The Morgan fingerprint density at radius 3 is 2.18 bits per heavy atom. The van der Waals surface area contributed by atoms with Gasteiger partial charge in [-0.05, 0) is 38.5 Å². The molecule has 0 aromatic carbocycles. The summed E-state index contributed by atoms with van der Waals surface area (Å²) in [5.41, 5.74) is 0. The van der Waals surface area contributed by atoms with Crippen LogP contribution in [0.1, 0.15) is 44.9 Å². The number of amides is 1. The number of sulfone groups is 1. The van der Waals surface area contributed by atoms with E-state index < -0.39 is 21.7 Å². The van der Waals surface area contributed by atoms with E-state index >= 15 is 0 Å². The highest BCUT2D eigenvalue weighted by atomic mass is 32.2. The molecule has 1 aliphatic heterocycles. The van der Waals surface area contributed by atoms with Crippen LogP contribution < -0.4 is 0 Å². The topological polar surface area (TPSA) is 91.8 Å². The lowest BCUT2D eigenvalue weighted by atomic mass is 9.80. The normalized spacial score (nSPS) is 34.3. The van der Waals surface area contributed by atoms with Crippen LogP contribution in [0.5, 0.6) is 0 Å². The molecule has 3 rings (SSSR count). The van der Waals surface area contributed by atoms with Gasteiger partial charge in [0.1, 0.15) is 0 Å². The Balaban J connectivity index is 1.72. The Morgan fingerprint density at radius 1 is 0.955 bits per heavy atom. The van der Waals surface area contributed by atoms with Gasteiger partial charge in [-0.1, -0.05) is 6.42 Å². The standard InChI is InChI=1S/C15H23NO5S/c17-14(10-2-1-3-11(8-10)15(18)19)16(12-4-5-12)13-6-7-22(20,21)9-13/h10-13H,1-9H2,(H,18,19). The van der Waals surface area contributed by atoms with Crippen LogP contribution in [0.4, 0.5) is 0 Å². The third-order valence-electron chi connectivity index (χ3n) is 5.17. The van der Waals surface area contributed by atoms with Crippen LogP contribution in [0.2, 0.25) is 0 Å². The first-order valence-electron chi connectivity index (χ1n) is 8.13. The van der Waals surface area contributed by atoms with Crippen molar-refractivity contribution in [3.63, 3.8) is 0 Å². The lowest BCUT2D eigenvalue weighted by Gasteiger charge is -2.34. The number of carbonyl (C=O) groups is 2. The van der Waals surface area contributed by atoms with Crippen molar-refractivity contribution in [3.8, 4) is 0 Å². The third-order valence-corrected chi connectivity index (χ3v) is 6.92. The molecule has 3 atom stereocenters. The Labute approximate surface area is 130 Å². The number of carbonyl (C=O) groups excluding carboxylic acids is 1. The highest BCUT2D eigenvalue weighted by Crippen LogP contribution is 2.37. The molecule has 1 N–H and O–H groups in total. The average molecular weight is 329 g/mol. The quantitative estimate of drug-likeness (QED) is 0.832. The molecule has 1 saturated heterocycles. The van der Waals surface area contributed by atoms with Gasteiger partial charge in [-0.15, -0.1) is 0 Å². The van der Waals surface area contributed by atoms with Gasteiger partial charge in [0.15, 0.2) is 9.84 Å². The van der Waals surface area contributed by atoms with Gasteiger partial charge in [0.25, 0.3) is 0 Å². The fraction of sp³-hybridized carbons (Fsp3) is 0.867. The van der Waals surface area contributed by atoms with E-state index in [4.69, 9.17) is 0 Å². The summed E-state index contributed by atoms with van der Waals surface area (Å²) < 4.78 is 23.4. The van der Waals surface area contributed by atoms with Gasteiger partial charge in [-0.2, -0.15) is 0 Å². The number of aliphatic carboxylic acids is 1. The Hall–Kier alpha value is -1.11. The minimum Gasteiger partial charge on any atom is -0.481 e. The highest BCUT2D eigenvalue weighted by molar-refractivity contribution is 7.91. The van der Waals surface area contributed by atoms with Crippen molar-refractivity contribution < 1.29 is 23.1 Å². The van der Waals surface area contributed by atoms with E-state index in [1.54, 1.807) is 4.90 Å².